The molecule has 7 nitrogen and oxygen atoms in total. The molecule has 1 aromatic carbocycles. The normalized spacial score (nSPS) is 14.2. The van der Waals surface area contributed by atoms with E-state index in [0.29, 0.717) is 5.70 Å². The minimum atomic E-state index is -0.286. The predicted octanol–water partition coefficient (Wildman–Crippen LogP) is 0.952. The Morgan fingerprint density at radius 2 is 1.86 bits per heavy atom. The molecule has 0 fully saturated rings. The molecular weight excluding hydrogens is 270 g/mol. The number of carbonyl (C=O) groups is 2. The summed E-state index contributed by atoms with van der Waals surface area (Å²) in [6, 6.07) is 7.59. The van der Waals surface area contributed by atoms with Crippen molar-refractivity contribution in [2.45, 2.75) is 6.92 Å². The number of hydrogen-bond acceptors (Lipinski definition) is 5. The van der Waals surface area contributed by atoms with Crippen molar-refractivity contribution in [2.75, 3.05) is 11.9 Å². The van der Waals surface area contributed by atoms with Crippen molar-refractivity contribution in [3.05, 3.63) is 48.7 Å². The van der Waals surface area contributed by atoms with Gasteiger partial charge in [-0.25, -0.2) is 0 Å². The third-order valence-electron chi connectivity index (χ3n) is 3.16. The highest BCUT2D eigenvalue weighted by atomic mass is 16.2. The molecule has 7 heteroatoms. The highest BCUT2D eigenvalue weighted by Gasteiger charge is 2.24. The van der Waals surface area contributed by atoms with Gasteiger partial charge in [-0.3, -0.25) is 19.1 Å². The number of nitrogens with zero attached hydrogens (tertiary/aromatic N) is 4. The Balaban J connectivity index is 1.71. The maximum absolute atomic E-state index is 11.6. The minimum absolute atomic E-state index is 0.254. The Bertz CT molecular complexity index is 703. The van der Waals surface area contributed by atoms with Crippen molar-refractivity contribution in [3.63, 3.8) is 0 Å². The van der Waals surface area contributed by atoms with Gasteiger partial charge in [0.05, 0.1) is 6.54 Å². The lowest BCUT2D eigenvalue weighted by molar-refractivity contribution is -0.138. The van der Waals surface area contributed by atoms with Crippen LogP contribution < -0.4 is 5.32 Å². The van der Waals surface area contributed by atoms with Crippen molar-refractivity contribution in [2.24, 2.45) is 0 Å². The van der Waals surface area contributed by atoms with E-state index in [0.717, 1.165) is 11.4 Å². The molecule has 1 aromatic heterocycles. The highest BCUT2D eigenvalue weighted by Crippen LogP contribution is 2.17. The number of rotatable bonds is 3. The van der Waals surface area contributed by atoms with Crippen molar-refractivity contribution < 1.29 is 9.59 Å². The van der Waals surface area contributed by atoms with Gasteiger partial charge >= 0.3 is 0 Å². The molecule has 2 heterocycles. The molecule has 0 radical (unpaired) electrons. The van der Waals surface area contributed by atoms with E-state index in [2.05, 4.69) is 15.5 Å². The first-order valence-electron chi connectivity index (χ1n) is 6.38. The monoisotopic (exact) mass is 283 g/mol. The first-order valence-corrected chi connectivity index (χ1v) is 6.38. The zero-order valence-corrected chi connectivity index (χ0v) is 11.4. The molecule has 0 aliphatic carbocycles. The van der Waals surface area contributed by atoms with E-state index in [9.17, 15) is 9.59 Å². The van der Waals surface area contributed by atoms with Gasteiger partial charge in [-0.1, -0.05) is 0 Å². The largest absolute Gasteiger partial charge is 0.357 e. The Labute approximate surface area is 120 Å². The fraction of sp³-hybridized carbons (Fsp3) is 0.143. The summed E-state index contributed by atoms with van der Waals surface area (Å²) in [6.45, 7) is 1.66. The average molecular weight is 283 g/mol. The lowest BCUT2D eigenvalue weighted by Crippen LogP contribution is -2.31. The number of anilines is 1. The van der Waals surface area contributed by atoms with Gasteiger partial charge in [0.1, 0.15) is 12.7 Å². The summed E-state index contributed by atoms with van der Waals surface area (Å²) in [4.78, 5) is 24.0. The second-order valence-electron chi connectivity index (χ2n) is 4.65. The maximum atomic E-state index is 11.6. The molecule has 1 N–H and O–H groups in total. The molecule has 3 rings (SSSR count). The van der Waals surface area contributed by atoms with E-state index in [1.54, 1.807) is 17.2 Å². The van der Waals surface area contributed by atoms with Crippen LogP contribution >= 0.6 is 0 Å². The second-order valence-corrected chi connectivity index (χ2v) is 4.65. The highest BCUT2D eigenvalue weighted by molar-refractivity contribution is 6.03. The molecule has 1 aliphatic heterocycles. The van der Waals surface area contributed by atoms with E-state index in [4.69, 9.17) is 0 Å². The minimum Gasteiger partial charge on any atom is -0.357 e. The van der Waals surface area contributed by atoms with Gasteiger partial charge in [-0.15, -0.1) is 10.2 Å². The number of nitrogens with one attached hydrogen (secondary N) is 1. The van der Waals surface area contributed by atoms with E-state index in [1.165, 1.54) is 17.9 Å². The quantitative estimate of drug-likeness (QED) is 0.907. The summed E-state index contributed by atoms with van der Waals surface area (Å²) in [7, 11) is 0. The number of aromatic nitrogens is 3. The first kappa shape index (κ1) is 13.0. The molecule has 106 valence electrons. The second kappa shape index (κ2) is 5.20. The van der Waals surface area contributed by atoms with Crippen LogP contribution in [-0.4, -0.2) is 38.0 Å². The topological polar surface area (TPSA) is 80.1 Å². The SMILES string of the molecule is CC(=O)N1CC(Nc2ccc(-n3cnnc3)cc2)=CC1=O. The van der Waals surface area contributed by atoms with Crippen molar-refractivity contribution in [1.29, 1.82) is 0 Å². The number of hydrogen-bond donors (Lipinski definition) is 1. The van der Waals surface area contributed by atoms with Crippen molar-refractivity contribution >= 4 is 17.5 Å². The Morgan fingerprint density at radius 3 is 2.43 bits per heavy atom. The van der Waals surface area contributed by atoms with E-state index >= 15 is 0 Å². The first-order chi connectivity index (χ1) is 10.1. The van der Waals surface area contributed by atoms with Crippen LogP contribution in [0, 0.1) is 0 Å². The van der Waals surface area contributed by atoms with Crippen LogP contribution in [-0.2, 0) is 9.59 Å². The van der Waals surface area contributed by atoms with Gasteiger partial charge in [0.2, 0.25) is 5.91 Å². The molecule has 1 aliphatic rings. The Hall–Kier alpha value is -2.96. The van der Waals surface area contributed by atoms with Crippen LogP contribution in [0.15, 0.2) is 48.7 Å². The fourth-order valence-electron chi connectivity index (χ4n) is 2.10. The van der Waals surface area contributed by atoms with Crippen LogP contribution in [0.3, 0.4) is 0 Å². The molecule has 0 unspecified atom stereocenters. The van der Waals surface area contributed by atoms with E-state index in [-0.39, 0.29) is 18.4 Å². The smallest absolute Gasteiger partial charge is 0.255 e. The lowest BCUT2D eigenvalue weighted by Gasteiger charge is -2.12. The molecule has 0 saturated heterocycles. The standard InChI is InChI=1S/C14H13N5O2/c1-10(20)19-7-12(6-14(19)21)17-11-2-4-13(5-3-11)18-8-15-16-9-18/h2-6,8-9,17H,7H2,1H3. The third kappa shape index (κ3) is 2.66. The molecule has 0 saturated carbocycles. The summed E-state index contributed by atoms with van der Waals surface area (Å²) in [5, 5.41) is 10.6. The Morgan fingerprint density at radius 1 is 1.19 bits per heavy atom. The number of benzene rings is 1. The average Bonchev–Trinajstić information content (AvgIpc) is 3.09. The van der Waals surface area contributed by atoms with Crippen LogP contribution in [0.2, 0.25) is 0 Å². The molecular formula is C14H13N5O2. The van der Waals surface area contributed by atoms with Crippen LogP contribution in [0.25, 0.3) is 5.69 Å². The molecule has 21 heavy (non-hydrogen) atoms. The van der Waals surface area contributed by atoms with Crippen molar-refractivity contribution in [3.8, 4) is 5.69 Å². The maximum Gasteiger partial charge on any atom is 0.255 e. The van der Waals surface area contributed by atoms with Gasteiger partial charge < -0.3 is 5.32 Å². The molecule has 2 amide bonds. The molecule has 2 aromatic rings. The number of imide groups is 1. The van der Waals surface area contributed by atoms with Gasteiger partial charge in [-0.05, 0) is 24.3 Å². The van der Waals surface area contributed by atoms with Gasteiger partial charge in [0.15, 0.2) is 0 Å². The molecule has 0 bridgehead atoms. The summed E-state index contributed by atoms with van der Waals surface area (Å²) in [5.41, 5.74) is 2.48. The number of carbonyl (C=O) groups excluding carboxylic acids is 2. The van der Waals surface area contributed by atoms with Gasteiger partial charge in [-0.2, -0.15) is 0 Å². The summed E-state index contributed by atoms with van der Waals surface area (Å²) < 4.78 is 1.79. The lowest BCUT2D eigenvalue weighted by atomic mass is 10.2. The predicted molar refractivity (Wildman–Crippen MR) is 75.5 cm³/mol. The third-order valence-corrected chi connectivity index (χ3v) is 3.16. The molecule has 0 atom stereocenters. The van der Waals surface area contributed by atoms with Gasteiger partial charge in [0.25, 0.3) is 5.91 Å². The number of amides is 2. The summed E-state index contributed by atoms with van der Waals surface area (Å²) in [6.07, 6.45) is 4.67. The zero-order chi connectivity index (χ0) is 14.8. The van der Waals surface area contributed by atoms with Crippen LogP contribution in [0.5, 0.6) is 0 Å². The summed E-state index contributed by atoms with van der Waals surface area (Å²) >= 11 is 0. The summed E-state index contributed by atoms with van der Waals surface area (Å²) in [5.74, 6) is -0.540. The van der Waals surface area contributed by atoms with Gasteiger partial charge in [0, 0.05) is 30.1 Å². The van der Waals surface area contributed by atoms with Crippen molar-refractivity contribution in [1.82, 2.24) is 19.7 Å². The van der Waals surface area contributed by atoms with E-state index in [1.807, 2.05) is 24.3 Å². The van der Waals surface area contributed by atoms with Crippen LogP contribution in [0.4, 0.5) is 5.69 Å². The van der Waals surface area contributed by atoms with E-state index < -0.39 is 0 Å². The molecule has 0 spiro atoms. The fourth-order valence-corrected chi connectivity index (χ4v) is 2.10. The zero-order valence-electron chi connectivity index (χ0n) is 11.4. The van der Waals surface area contributed by atoms with Crippen LogP contribution in [0.1, 0.15) is 6.92 Å². The Kier molecular flexibility index (Phi) is 3.23.